The Labute approximate surface area is 178 Å². The van der Waals surface area contributed by atoms with Crippen LogP contribution >= 0.6 is 0 Å². The summed E-state index contributed by atoms with van der Waals surface area (Å²) in [6.07, 6.45) is 2.72. The van der Waals surface area contributed by atoms with E-state index in [9.17, 15) is 4.79 Å². The highest BCUT2D eigenvalue weighted by molar-refractivity contribution is 5.93. The van der Waals surface area contributed by atoms with Gasteiger partial charge in [-0.2, -0.15) is 0 Å². The van der Waals surface area contributed by atoms with Crippen LogP contribution in [-0.4, -0.2) is 67.3 Å². The molecule has 2 saturated heterocycles. The third kappa shape index (κ3) is 3.39. The van der Waals surface area contributed by atoms with Crippen molar-refractivity contribution in [1.82, 2.24) is 9.80 Å². The van der Waals surface area contributed by atoms with Gasteiger partial charge in [-0.15, -0.1) is 0 Å². The number of amides is 1. The molecule has 3 heterocycles. The van der Waals surface area contributed by atoms with Gasteiger partial charge in [0.1, 0.15) is 18.2 Å². The quantitative estimate of drug-likeness (QED) is 0.780. The lowest BCUT2D eigenvalue weighted by Gasteiger charge is -2.43. The number of carbonyl (C=O) groups is 1. The fourth-order valence-corrected chi connectivity index (χ4v) is 4.98. The summed E-state index contributed by atoms with van der Waals surface area (Å²) in [5.41, 5.74) is 0.728. The molecule has 6 heteroatoms. The van der Waals surface area contributed by atoms with Crippen LogP contribution < -0.4 is 14.4 Å². The molecule has 0 unspecified atom stereocenters. The van der Waals surface area contributed by atoms with Crippen LogP contribution in [0, 0.1) is 0 Å². The minimum atomic E-state index is -0.407. The van der Waals surface area contributed by atoms with E-state index in [4.69, 9.17) is 9.47 Å². The number of para-hydroxylation sites is 3. The summed E-state index contributed by atoms with van der Waals surface area (Å²) in [4.78, 5) is 19.8. The van der Waals surface area contributed by atoms with Crippen molar-refractivity contribution in [3.63, 3.8) is 0 Å². The molecule has 2 fully saturated rings. The van der Waals surface area contributed by atoms with E-state index in [1.165, 1.54) is 0 Å². The number of nitrogens with zero attached hydrogens (tertiary/aromatic N) is 3. The summed E-state index contributed by atoms with van der Waals surface area (Å²) >= 11 is 0. The normalized spacial score (nSPS) is 23.2. The number of hydrogen-bond donors (Lipinski definition) is 0. The van der Waals surface area contributed by atoms with Gasteiger partial charge < -0.3 is 24.2 Å². The zero-order valence-corrected chi connectivity index (χ0v) is 17.5. The first-order chi connectivity index (χ1) is 14.7. The highest BCUT2D eigenvalue weighted by atomic mass is 16.6. The number of likely N-dealkylation sites (tertiary alicyclic amines) is 1. The van der Waals surface area contributed by atoms with Gasteiger partial charge in [-0.3, -0.25) is 4.79 Å². The summed E-state index contributed by atoms with van der Waals surface area (Å²) in [5.74, 6) is 1.93. The topological polar surface area (TPSA) is 45.2 Å². The van der Waals surface area contributed by atoms with Gasteiger partial charge in [-0.1, -0.05) is 30.3 Å². The van der Waals surface area contributed by atoms with E-state index in [2.05, 4.69) is 21.9 Å². The summed E-state index contributed by atoms with van der Waals surface area (Å²) in [6.45, 7) is 4.07. The average molecular weight is 408 g/mol. The predicted molar refractivity (Wildman–Crippen MR) is 116 cm³/mol. The van der Waals surface area contributed by atoms with Crippen LogP contribution in [0.25, 0.3) is 0 Å². The van der Waals surface area contributed by atoms with Gasteiger partial charge in [0.05, 0.1) is 6.67 Å². The predicted octanol–water partition coefficient (Wildman–Crippen LogP) is 2.99. The molecule has 0 radical (unpaired) electrons. The van der Waals surface area contributed by atoms with Crippen molar-refractivity contribution in [3.8, 4) is 11.5 Å². The molecule has 0 aliphatic carbocycles. The Kier molecular flexibility index (Phi) is 5.03. The summed E-state index contributed by atoms with van der Waals surface area (Å²) in [5, 5.41) is 0. The minimum Gasteiger partial charge on any atom is -0.486 e. The van der Waals surface area contributed by atoms with Crippen LogP contribution in [0.2, 0.25) is 0 Å². The monoisotopic (exact) mass is 407 g/mol. The molecular formula is C24H29N3O3. The van der Waals surface area contributed by atoms with Crippen LogP contribution in [0.5, 0.6) is 11.5 Å². The van der Waals surface area contributed by atoms with E-state index in [1.54, 1.807) is 0 Å². The molecule has 1 atom stereocenters. The molecule has 3 aliphatic rings. The molecule has 5 rings (SSSR count). The maximum absolute atomic E-state index is 13.1. The van der Waals surface area contributed by atoms with Crippen LogP contribution in [0.4, 0.5) is 5.69 Å². The van der Waals surface area contributed by atoms with Crippen molar-refractivity contribution >= 4 is 11.6 Å². The van der Waals surface area contributed by atoms with Gasteiger partial charge in [0.15, 0.2) is 11.5 Å². The average Bonchev–Trinajstić information content (AvgIpc) is 3.04. The highest BCUT2D eigenvalue weighted by Crippen LogP contribution is 2.39. The maximum Gasteiger partial charge on any atom is 0.249 e. The maximum atomic E-state index is 13.1. The molecule has 1 spiro atoms. The molecule has 0 aromatic heterocycles. The van der Waals surface area contributed by atoms with Crippen molar-refractivity contribution in [2.24, 2.45) is 0 Å². The molecule has 6 nitrogen and oxygen atoms in total. The van der Waals surface area contributed by atoms with Gasteiger partial charge in [0.2, 0.25) is 5.91 Å². The molecule has 0 saturated carbocycles. The lowest BCUT2D eigenvalue weighted by Crippen LogP contribution is -2.56. The van der Waals surface area contributed by atoms with E-state index in [0.29, 0.717) is 13.3 Å². The number of likely N-dealkylation sites (N-methyl/N-ethyl adjacent to an activating group) is 1. The first kappa shape index (κ1) is 19.2. The number of piperidine rings is 1. The number of carbonyl (C=O) groups excluding carboxylic acids is 1. The van der Waals surface area contributed by atoms with Crippen molar-refractivity contribution < 1.29 is 14.3 Å². The fraction of sp³-hybridized carbons (Fsp3) is 0.458. The Morgan fingerprint density at radius 3 is 2.47 bits per heavy atom. The van der Waals surface area contributed by atoms with Crippen LogP contribution in [0.15, 0.2) is 54.6 Å². The van der Waals surface area contributed by atoms with Crippen LogP contribution in [0.1, 0.15) is 19.3 Å². The number of fused-ring (bicyclic) bond motifs is 1. The summed E-state index contributed by atoms with van der Waals surface area (Å²) < 4.78 is 11.9. The standard InChI is InChI=1S/C24H29N3O3/c1-25-18-27(19-7-3-2-4-8-19)24(23(25)28)12-15-26(16-13-24)14-11-20-17-29-21-9-5-6-10-22(21)30-20/h2-10,20H,11-18H2,1H3/t20-/m0/s1. The third-order valence-corrected chi connectivity index (χ3v) is 6.70. The number of anilines is 1. The summed E-state index contributed by atoms with van der Waals surface area (Å²) in [6, 6.07) is 18.2. The Morgan fingerprint density at radius 2 is 1.70 bits per heavy atom. The van der Waals surface area contributed by atoms with Crippen LogP contribution in [-0.2, 0) is 4.79 Å². The van der Waals surface area contributed by atoms with E-state index in [-0.39, 0.29) is 12.0 Å². The van der Waals surface area contributed by atoms with E-state index < -0.39 is 5.54 Å². The lowest BCUT2D eigenvalue weighted by molar-refractivity contribution is -0.132. The Morgan fingerprint density at radius 1 is 1.00 bits per heavy atom. The number of hydrogen-bond acceptors (Lipinski definition) is 5. The van der Waals surface area contributed by atoms with E-state index >= 15 is 0 Å². The largest absolute Gasteiger partial charge is 0.486 e. The number of ether oxygens (including phenoxy) is 2. The zero-order valence-electron chi connectivity index (χ0n) is 17.5. The minimum absolute atomic E-state index is 0.0795. The van der Waals surface area contributed by atoms with Crippen LogP contribution in [0.3, 0.4) is 0 Å². The van der Waals surface area contributed by atoms with Gasteiger partial charge in [0.25, 0.3) is 0 Å². The van der Waals surface area contributed by atoms with Gasteiger partial charge in [0, 0.05) is 38.8 Å². The zero-order chi connectivity index (χ0) is 20.6. The van der Waals surface area contributed by atoms with Gasteiger partial charge in [-0.25, -0.2) is 0 Å². The molecule has 3 aliphatic heterocycles. The molecule has 2 aromatic rings. The SMILES string of the molecule is CN1CN(c2ccccc2)C2(CCN(CC[C@H]3COc4ccccc4O3)CC2)C1=O. The Bertz CT molecular complexity index is 896. The van der Waals surface area contributed by atoms with Crippen molar-refractivity contribution in [2.75, 3.05) is 44.9 Å². The van der Waals surface area contributed by atoms with Crippen molar-refractivity contribution in [3.05, 3.63) is 54.6 Å². The number of benzene rings is 2. The second-order valence-electron chi connectivity index (χ2n) is 8.57. The highest BCUT2D eigenvalue weighted by Gasteiger charge is 2.52. The van der Waals surface area contributed by atoms with Crippen molar-refractivity contribution in [1.29, 1.82) is 0 Å². The molecule has 0 bridgehead atoms. The second-order valence-corrected chi connectivity index (χ2v) is 8.57. The third-order valence-electron chi connectivity index (χ3n) is 6.70. The number of rotatable bonds is 4. The van der Waals surface area contributed by atoms with Crippen molar-refractivity contribution in [2.45, 2.75) is 30.9 Å². The Hall–Kier alpha value is -2.73. The summed E-state index contributed by atoms with van der Waals surface area (Å²) in [7, 11) is 1.91. The molecule has 0 N–H and O–H groups in total. The molecular weight excluding hydrogens is 378 g/mol. The Balaban J connectivity index is 1.20. The lowest BCUT2D eigenvalue weighted by atomic mass is 9.85. The van der Waals surface area contributed by atoms with E-state index in [1.807, 2.05) is 54.4 Å². The molecule has 30 heavy (non-hydrogen) atoms. The first-order valence-corrected chi connectivity index (χ1v) is 10.8. The van der Waals surface area contributed by atoms with Gasteiger partial charge in [-0.05, 0) is 37.1 Å². The second kappa shape index (κ2) is 7.84. The first-order valence-electron chi connectivity index (χ1n) is 10.8. The van der Waals surface area contributed by atoms with Gasteiger partial charge >= 0.3 is 0 Å². The van der Waals surface area contributed by atoms with E-state index in [0.717, 1.165) is 56.1 Å². The molecule has 158 valence electrons. The molecule has 1 amide bonds. The molecule has 2 aromatic carbocycles. The smallest absolute Gasteiger partial charge is 0.249 e. The fourth-order valence-electron chi connectivity index (χ4n) is 4.98.